The molecule has 0 spiro atoms. The number of nitro benzene ring substituents is 1. The number of nitrogens with zero attached hydrogens (tertiary/aromatic N) is 3. The molecule has 0 amide bonds. The maximum Gasteiger partial charge on any atom is 0.338 e. The number of rotatable bonds is 8. The summed E-state index contributed by atoms with van der Waals surface area (Å²) in [7, 11) is 1.55. The Hall–Kier alpha value is -6.07. The monoisotopic (exact) mass is 657 g/mol. The number of furan rings is 1. The fraction of sp³-hybridized carbons (Fsp3) is 0.108. The van der Waals surface area contributed by atoms with E-state index in [1.165, 1.54) is 16.7 Å². The molecule has 2 aromatic heterocycles. The van der Waals surface area contributed by atoms with Crippen molar-refractivity contribution >= 4 is 45.5 Å². The van der Waals surface area contributed by atoms with Crippen molar-refractivity contribution in [3.05, 3.63) is 155 Å². The summed E-state index contributed by atoms with van der Waals surface area (Å²) in [6.45, 7) is 1.86. The van der Waals surface area contributed by atoms with Crippen molar-refractivity contribution in [2.75, 3.05) is 13.7 Å². The van der Waals surface area contributed by atoms with Crippen molar-refractivity contribution in [3.8, 4) is 17.1 Å². The van der Waals surface area contributed by atoms with E-state index in [1.807, 2.05) is 66.7 Å². The van der Waals surface area contributed by atoms with Crippen molar-refractivity contribution < 1.29 is 23.6 Å². The van der Waals surface area contributed by atoms with Crippen LogP contribution in [0.3, 0.4) is 0 Å². The van der Waals surface area contributed by atoms with E-state index >= 15 is 0 Å². The number of nitro groups is 1. The number of non-ortho nitro benzene ring substituents is 1. The number of ether oxygens (including phenoxy) is 2. The van der Waals surface area contributed by atoms with Crippen LogP contribution in [0.1, 0.15) is 29.9 Å². The first kappa shape index (κ1) is 30.6. The number of carbonyl (C=O) groups excluding carboxylic acids is 1. The molecule has 7 rings (SSSR count). The van der Waals surface area contributed by atoms with Gasteiger partial charge in [-0.1, -0.05) is 84.1 Å². The Morgan fingerprint density at radius 2 is 1.77 bits per heavy atom. The quantitative estimate of drug-likeness (QED) is 0.107. The number of benzene rings is 4. The van der Waals surface area contributed by atoms with Crippen molar-refractivity contribution in [1.29, 1.82) is 0 Å². The third-order valence-electron chi connectivity index (χ3n) is 8.04. The summed E-state index contributed by atoms with van der Waals surface area (Å²) in [6, 6.07) is 29.4. The second-order valence-electron chi connectivity index (χ2n) is 10.8. The molecule has 0 fully saturated rings. The van der Waals surface area contributed by atoms with Gasteiger partial charge in [-0.15, -0.1) is 0 Å². The lowest BCUT2D eigenvalue weighted by molar-refractivity contribution is -0.384. The molecule has 1 unspecified atom stereocenters. The van der Waals surface area contributed by atoms with Crippen LogP contribution in [0.4, 0.5) is 5.69 Å². The zero-order valence-corrected chi connectivity index (χ0v) is 26.6. The summed E-state index contributed by atoms with van der Waals surface area (Å²) >= 11 is 1.16. The average Bonchev–Trinajstić information content (AvgIpc) is 3.71. The molecule has 238 valence electrons. The molecule has 0 N–H and O–H groups in total. The Balaban J connectivity index is 1.49. The van der Waals surface area contributed by atoms with Crippen LogP contribution in [-0.2, 0) is 9.53 Å². The molecular formula is C37H27N3O7S. The lowest BCUT2D eigenvalue weighted by Crippen LogP contribution is -2.40. The van der Waals surface area contributed by atoms with Gasteiger partial charge in [0.2, 0.25) is 0 Å². The van der Waals surface area contributed by atoms with Crippen molar-refractivity contribution in [2.45, 2.75) is 13.0 Å². The summed E-state index contributed by atoms with van der Waals surface area (Å²) in [4.78, 5) is 44.6. The first-order valence-electron chi connectivity index (χ1n) is 15.1. The molecule has 4 aromatic carbocycles. The molecule has 0 saturated carbocycles. The van der Waals surface area contributed by atoms with Crippen LogP contribution in [0.25, 0.3) is 33.9 Å². The third-order valence-corrected chi connectivity index (χ3v) is 9.02. The van der Waals surface area contributed by atoms with Gasteiger partial charge in [0, 0.05) is 34.9 Å². The van der Waals surface area contributed by atoms with Crippen molar-refractivity contribution in [1.82, 2.24) is 4.57 Å². The number of esters is 1. The molecule has 1 atom stereocenters. The predicted molar refractivity (Wildman–Crippen MR) is 182 cm³/mol. The molecular weight excluding hydrogens is 630 g/mol. The van der Waals surface area contributed by atoms with Crippen LogP contribution in [-0.4, -0.2) is 29.2 Å². The standard InChI is InChI=1S/C37H27N3O7S/c1-3-46-36(42)32-33(23-11-5-4-6-12-23)38-37-39(34(32)31-27-15-8-7-10-22(27)16-18-29(31)45-2)35(41)30(48-37)21-26-17-19-28(47-26)24-13-9-14-25(20-24)40(43)44/h4-21,34H,3H2,1-2H3/b30-21+. The molecule has 1 aliphatic heterocycles. The first-order chi connectivity index (χ1) is 23.4. The maximum absolute atomic E-state index is 14.5. The van der Waals surface area contributed by atoms with Gasteiger partial charge in [-0.25, -0.2) is 9.79 Å². The van der Waals surface area contributed by atoms with Crippen LogP contribution in [0.2, 0.25) is 0 Å². The summed E-state index contributed by atoms with van der Waals surface area (Å²) < 4.78 is 19.4. The largest absolute Gasteiger partial charge is 0.496 e. The van der Waals surface area contributed by atoms with Gasteiger partial charge in [0.1, 0.15) is 23.3 Å². The third kappa shape index (κ3) is 5.39. The second kappa shape index (κ2) is 12.6. The molecule has 11 heteroatoms. The Kier molecular flexibility index (Phi) is 8.03. The van der Waals surface area contributed by atoms with E-state index < -0.39 is 16.9 Å². The van der Waals surface area contributed by atoms with Gasteiger partial charge in [-0.05, 0) is 35.9 Å². The smallest absolute Gasteiger partial charge is 0.338 e. The van der Waals surface area contributed by atoms with Gasteiger partial charge in [0.15, 0.2) is 4.80 Å². The molecule has 0 radical (unpaired) electrons. The Bertz CT molecular complexity index is 2440. The molecule has 6 aromatic rings. The Labute approximate surface area is 277 Å². The lowest BCUT2D eigenvalue weighted by atomic mass is 9.89. The highest BCUT2D eigenvalue weighted by atomic mass is 32.1. The summed E-state index contributed by atoms with van der Waals surface area (Å²) in [5.74, 6) is 0.681. The minimum atomic E-state index is -0.948. The van der Waals surface area contributed by atoms with E-state index in [9.17, 15) is 19.7 Å². The number of hydrogen-bond acceptors (Lipinski definition) is 9. The highest BCUT2D eigenvalue weighted by molar-refractivity contribution is 7.07. The first-order valence-corrected chi connectivity index (χ1v) is 15.9. The molecule has 3 heterocycles. The topological polar surface area (TPSA) is 126 Å². The van der Waals surface area contributed by atoms with E-state index in [1.54, 1.807) is 44.4 Å². The summed E-state index contributed by atoms with van der Waals surface area (Å²) in [6.07, 6.45) is 1.61. The fourth-order valence-electron chi connectivity index (χ4n) is 5.94. The summed E-state index contributed by atoms with van der Waals surface area (Å²) in [5.41, 5.74) is 2.00. The Morgan fingerprint density at radius 3 is 2.54 bits per heavy atom. The van der Waals surface area contributed by atoms with E-state index in [4.69, 9.17) is 18.9 Å². The molecule has 0 saturated heterocycles. The maximum atomic E-state index is 14.5. The number of hydrogen-bond donors (Lipinski definition) is 0. The lowest BCUT2D eigenvalue weighted by Gasteiger charge is -2.28. The second-order valence-corrected chi connectivity index (χ2v) is 11.9. The van der Waals surface area contributed by atoms with Gasteiger partial charge >= 0.3 is 5.97 Å². The molecule has 1 aliphatic rings. The van der Waals surface area contributed by atoms with Crippen molar-refractivity contribution in [3.63, 3.8) is 0 Å². The number of aromatic nitrogens is 1. The van der Waals surface area contributed by atoms with Crippen LogP contribution < -0.4 is 19.6 Å². The number of thiazole rings is 1. The van der Waals surface area contributed by atoms with Gasteiger partial charge in [0.25, 0.3) is 11.2 Å². The van der Waals surface area contributed by atoms with Crippen LogP contribution in [0, 0.1) is 10.1 Å². The number of methoxy groups -OCH3 is 1. The summed E-state index contributed by atoms with van der Waals surface area (Å²) in [5, 5.41) is 13.0. The fourth-order valence-corrected chi connectivity index (χ4v) is 6.92. The van der Waals surface area contributed by atoms with Crippen molar-refractivity contribution in [2.24, 2.45) is 4.99 Å². The van der Waals surface area contributed by atoms with Gasteiger partial charge < -0.3 is 13.9 Å². The van der Waals surface area contributed by atoms with Crippen LogP contribution >= 0.6 is 11.3 Å². The highest BCUT2D eigenvalue weighted by Gasteiger charge is 2.37. The van der Waals surface area contributed by atoms with E-state index in [0.717, 1.165) is 22.1 Å². The minimum absolute atomic E-state index is 0.0609. The minimum Gasteiger partial charge on any atom is -0.496 e. The Morgan fingerprint density at radius 1 is 1.00 bits per heavy atom. The predicted octanol–water partition coefficient (Wildman–Crippen LogP) is 6.27. The molecule has 0 aliphatic carbocycles. The van der Waals surface area contributed by atoms with Gasteiger partial charge in [-0.3, -0.25) is 19.5 Å². The molecule has 0 bridgehead atoms. The normalized spacial score (nSPS) is 14.5. The average molecular weight is 658 g/mol. The zero-order chi connectivity index (χ0) is 33.4. The zero-order valence-electron chi connectivity index (χ0n) is 25.8. The molecule has 48 heavy (non-hydrogen) atoms. The van der Waals surface area contributed by atoms with Crippen LogP contribution in [0.5, 0.6) is 5.75 Å². The SMILES string of the molecule is CCOC(=O)C1=C(c2ccccc2)N=c2s/c(=C/c3ccc(-c4cccc([N+](=O)[O-])c4)o3)c(=O)n2C1c1c(OC)ccc2ccccc12. The van der Waals surface area contributed by atoms with Crippen LogP contribution in [0.15, 0.2) is 123 Å². The van der Waals surface area contributed by atoms with Gasteiger partial charge in [0.05, 0.1) is 34.4 Å². The van der Waals surface area contributed by atoms with E-state index in [-0.39, 0.29) is 23.4 Å². The number of carbonyl (C=O) groups is 1. The highest BCUT2D eigenvalue weighted by Crippen LogP contribution is 2.42. The van der Waals surface area contributed by atoms with E-state index in [2.05, 4.69) is 0 Å². The van der Waals surface area contributed by atoms with E-state index in [0.29, 0.717) is 49.0 Å². The molecule has 10 nitrogen and oxygen atoms in total. The number of fused-ring (bicyclic) bond motifs is 2. The van der Waals surface area contributed by atoms with Gasteiger partial charge in [-0.2, -0.15) is 0 Å².